The lowest BCUT2D eigenvalue weighted by molar-refractivity contribution is 0.177. The van der Waals surface area contributed by atoms with Crippen LogP contribution in [0.4, 0.5) is 5.69 Å². The van der Waals surface area contributed by atoms with Gasteiger partial charge >= 0.3 is 0 Å². The Labute approximate surface area is 120 Å². The van der Waals surface area contributed by atoms with E-state index in [9.17, 15) is 8.42 Å². The molecule has 0 spiro atoms. The first-order chi connectivity index (χ1) is 9.37. The number of methoxy groups -OCH3 is 1. The van der Waals surface area contributed by atoms with Crippen molar-refractivity contribution < 1.29 is 13.2 Å². The van der Waals surface area contributed by atoms with Gasteiger partial charge in [-0.05, 0) is 49.9 Å². The monoisotopic (exact) mass is 298 g/mol. The van der Waals surface area contributed by atoms with E-state index >= 15 is 0 Å². The molecule has 1 aromatic carbocycles. The van der Waals surface area contributed by atoms with Gasteiger partial charge in [0, 0.05) is 25.4 Å². The third kappa shape index (κ3) is 2.97. The molecule has 0 saturated heterocycles. The van der Waals surface area contributed by atoms with Gasteiger partial charge in [0.2, 0.25) is 10.0 Å². The van der Waals surface area contributed by atoms with Gasteiger partial charge in [-0.2, -0.15) is 4.31 Å². The number of hydrogen-bond acceptors (Lipinski definition) is 4. The van der Waals surface area contributed by atoms with Crippen molar-refractivity contribution >= 4 is 15.7 Å². The summed E-state index contributed by atoms with van der Waals surface area (Å²) < 4.78 is 32.3. The molecule has 1 aliphatic carbocycles. The predicted octanol–water partition coefficient (Wildman–Crippen LogP) is 1.69. The standard InChI is InChI=1S/C14H22N2O3S/c1-10-8-12(15)9-14(11(10)2)20(17,18)16(6-7-19-3)13-4-5-13/h8-9,13H,4-7,15H2,1-3H3. The molecule has 2 N–H and O–H groups in total. The summed E-state index contributed by atoms with van der Waals surface area (Å²) in [6.07, 6.45) is 1.84. The number of nitrogens with two attached hydrogens (primary N) is 1. The minimum Gasteiger partial charge on any atom is -0.399 e. The maximum atomic E-state index is 12.9. The molecule has 5 nitrogen and oxygen atoms in total. The number of benzene rings is 1. The molecule has 1 aliphatic rings. The molecule has 6 heteroatoms. The Bertz CT molecular complexity index is 595. The Balaban J connectivity index is 2.42. The molecule has 2 rings (SSSR count). The molecular weight excluding hydrogens is 276 g/mol. The molecule has 1 saturated carbocycles. The minimum atomic E-state index is -3.51. The fourth-order valence-electron chi connectivity index (χ4n) is 2.29. The van der Waals surface area contributed by atoms with Crippen molar-refractivity contribution in [1.29, 1.82) is 0 Å². The molecule has 0 unspecified atom stereocenters. The number of ether oxygens (including phenoxy) is 1. The zero-order valence-electron chi connectivity index (χ0n) is 12.2. The second-order valence-electron chi connectivity index (χ2n) is 5.30. The lowest BCUT2D eigenvalue weighted by Gasteiger charge is -2.23. The largest absolute Gasteiger partial charge is 0.399 e. The van der Waals surface area contributed by atoms with Crippen LogP contribution in [-0.2, 0) is 14.8 Å². The first kappa shape index (κ1) is 15.3. The van der Waals surface area contributed by atoms with Gasteiger partial charge in [-0.15, -0.1) is 0 Å². The van der Waals surface area contributed by atoms with Crippen molar-refractivity contribution in [2.24, 2.45) is 0 Å². The summed E-state index contributed by atoms with van der Waals surface area (Å²) in [5, 5.41) is 0. The van der Waals surface area contributed by atoms with Crippen LogP contribution in [0.15, 0.2) is 17.0 Å². The number of nitrogen functional groups attached to an aromatic ring is 1. The molecule has 20 heavy (non-hydrogen) atoms. The van der Waals surface area contributed by atoms with Crippen molar-refractivity contribution in [2.75, 3.05) is 26.0 Å². The van der Waals surface area contributed by atoms with E-state index in [1.54, 1.807) is 23.5 Å². The quantitative estimate of drug-likeness (QED) is 0.811. The van der Waals surface area contributed by atoms with Gasteiger partial charge in [0.15, 0.2) is 0 Å². The van der Waals surface area contributed by atoms with Crippen molar-refractivity contribution in [3.63, 3.8) is 0 Å². The molecule has 0 radical (unpaired) electrons. The number of sulfonamides is 1. The van der Waals surface area contributed by atoms with Crippen LogP contribution in [0.3, 0.4) is 0 Å². The lowest BCUT2D eigenvalue weighted by atomic mass is 10.1. The average Bonchev–Trinajstić information content (AvgIpc) is 3.18. The fourth-order valence-corrected chi connectivity index (χ4v) is 4.29. The Morgan fingerprint density at radius 1 is 1.35 bits per heavy atom. The topological polar surface area (TPSA) is 72.6 Å². The van der Waals surface area contributed by atoms with Crippen molar-refractivity contribution in [2.45, 2.75) is 37.6 Å². The average molecular weight is 298 g/mol. The van der Waals surface area contributed by atoms with Gasteiger partial charge in [-0.3, -0.25) is 0 Å². The van der Waals surface area contributed by atoms with Gasteiger partial charge in [0.05, 0.1) is 11.5 Å². The van der Waals surface area contributed by atoms with E-state index in [4.69, 9.17) is 10.5 Å². The summed E-state index contributed by atoms with van der Waals surface area (Å²) in [5.74, 6) is 0. The highest BCUT2D eigenvalue weighted by Gasteiger charge is 2.38. The molecule has 1 aromatic rings. The van der Waals surface area contributed by atoms with Crippen molar-refractivity contribution in [3.8, 4) is 0 Å². The Kier molecular flexibility index (Phi) is 4.36. The molecule has 0 aliphatic heterocycles. The molecular formula is C14H22N2O3S. The van der Waals surface area contributed by atoms with E-state index in [1.165, 1.54) is 0 Å². The van der Waals surface area contributed by atoms with E-state index in [1.807, 2.05) is 13.8 Å². The van der Waals surface area contributed by atoms with Gasteiger partial charge < -0.3 is 10.5 Å². The molecule has 0 aromatic heterocycles. The highest BCUT2D eigenvalue weighted by molar-refractivity contribution is 7.89. The first-order valence-electron chi connectivity index (χ1n) is 6.75. The first-order valence-corrected chi connectivity index (χ1v) is 8.19. The number of anilines is 1. The molecule has 112 valence electrons. The zero-order valence-corrected chi connectivity index (χ0v) is 13.0. The number of aryl methyl sites for hydroxylation is 1. The Hall–Kier alpha value is -1.11. The van der Waals surface area contributed by atoms with Crippen molar-refractivity contribution in [1.82, 2.24) is 4.31 Å². The van der Waals surface area contributed by atoms with Crippen LogP contribution in [0, 0.1) is 13.8 Å². The Morgan fingerprint density at radius 2 is 2.00 bits per heavy atom. The van der Waals surface area contributed by atoms with E-state index in [0.29, 0.717) is 23.7 Å². The van der Waals surface area contributed by atoms with E-state index < -0.39 is 10.0 Å². The normalized spacial score (nSPS) is 15.8. The van der Waals surface area contributed by atoms with Gasteiger partial charge in [0.1, 0.15) is 0 Å². The maximum absolute atomic E-state index is 12.9. The third-order valence-electron chi connectivity index (χ3n) is 3.70. The van der Waals surface area contributed by atoms with Crippen LogP contribution in [0.5, 0.6) is 0 Å². The van der Waals surface area contributed by atoms with E-state index in [-0.39, 0.29) is 6.04 Å². The lowest BCUT2D eigenvalue weighted by Crippen LogP contribution is -2.36. The second-order valence-corrected chi connectivity index (χ2v) is 7.16. The summed E-state index contributed by atoms with van der Waals surface area (Å²) in [6.45, 7) is 4.48. The van der Waals surface area contributed by atoms with Crippen LogP contribution in [-0.4, -0.2) is 39.0 Å². The van der Waals surface area contributed by atoms with Crippen molar-refractivity contribution in [3.05, 3.63) is 23.3 Å². The Morgan fingerprint density at radius 3 is 2.55 bits per heavy atom. The van der Waals surface area contributed by atoms with Gasteiger partial charge in [0.25, 0.3) is 0 Å². The van der Waals surface area contributed by atoms with Crippen LogP contribution in [0.1, 0.15) is 24.0 Å². The minimum absolute atomic E-state index is 0.108. The van der Waals surface area contributed by atoms with Gasteiger partial charge in [-0.25, -0.2) is 8.42 Å². The predicted molar refractivity (Wildman–Crippen MR) is 79.1 cm³/mol. The number of rotatable bonds is 6. The maximum Gasteiger partial charge on any atom is 0.243 e. The van der Waals surface area contributed by atoms with Crippen LogP contribution in [0.25, 0.3) is 0 Å². The molecule has 1 fully saturated rings. The van der Waals surface area contributed by atoms with Crippen LogP contribution >= 0.6 is 0 Å². The molecule has 0 heterocycles. The summed E-state index contributed by atoms with van der Waals surface area (Å²) in [4.78, 5) is 0.318. The van der Waals surface area contributed by atoms with E-state index in [2.05, 4.69) is 0 Å². The molecule has 0 atom stereocenters. The second kappa shape index (κ2) is 5.71. The van der Waals surface area contributed by atoms with Crippen LogP contribution in [0.2, 0.25) is 0 Å². The molecule has 0 bridgehead atoms. The van der Waals surface area contributed by atoms with Crippen LogP contribution < -0.4 is 5.73 Å². The number of nitrogens with zero attached hydrogens (tertiary/aromatic N) is 1. The summed E-state index contributed by atoms with van der Waals surface area (Å²) in [7, 11) is -1.94. The SMILES string of the molecule is COCCN(C1CC1)S(=O)(=O)c1cc(N)cc(C)c1C. The third-order valence-corrected chi connectivity index (χ3v) is 5.78. The highest BCUT2D eigenvalue weighted by atomic mass is 32.2. The summed E-state index contributed by atoms with van der Waals surface area (Å²) >= 11 is 0. The van der Waals surface area contributed by atoms with Gasteiger partial charge in [-0.1, -0.05) is 0 Å². The zero-order chi connectivity index (χ0) is 14.9. The molecule has 0 amide bonds. The smallest absolute Gasteiger partial charge is 0.243 e. The summed E-state index contributed by atoms with van der Waals surface area (Å²) in [5.41, 5.74) is 7.95. The highest BCUT2D eigenvalue weighted by Crippen LogP contribution is 2.34. The summed E-state index contributed by atoms with van der Waals surface area (Å²) in [6, 6.07) is 3.46. The number of hydrogen-bond donors (Lipinski definition) is 1. The fraction of sp³-hybridized carbons (Fsp3) is 0.571. The van der Waals surface area contributed by atoms with E-state index in [0.717, 1.165) is 24.0 Å².